The molecule has 5 heteroatoms. The first-order valence-corrected chi connectivity index (χ1v) is 4.90. The molecule has 15 heavy (non-hydrogen) atoms. The van der Waals surface area contributed by atoms with Crippen LogP contribution in [0, 0.1) is 0 Å². The summed E-state index contributed by atoms with van der Waals surface area (Å²) in [5.41, 5.74) is 1.66. The molecule has 0 aliphatic rings. The number of nitrogens with one attached hydrogen (secondary N) is 1. The molecule has 2 aromatic heterocycles. The third-order valence-corrected chi connectivity index (χ3v) is 2.29. The number of imidazole rings is 1. The zero-order valence-electron chi connectivity index (χ0n) is 9.44. The molecule has 80 valence electrons. The van der Waals surface area contributed by atoms with Crippen molar-refractivity contribution in [1.82, 2.24) is 19.5 Å². The highest BCUT2D eigenvalue weighted by Gasteiger charge is 2.18. The van der Waals surface area contributed by atoms with Crippen LogP contribution >= 0.6 is 0 Å². The molecule has 0 atom stereocenters. The number of hydrogen-bond acceptors (Lipinski definition) is 4. The summed E-state index contributed by atoms with van der Waals surface area (Å²) in [5, 5.41) is 3.01. The molecular weight excluding hydrogens is 190 g/mol. The van der Waals surface area contributed by atoms with Crippen molar-refractivity contribution in [3.8, 4) is 0 Å². The van der Waals surface area contributed by atoms with Crippen LogP contribution in [0.15, 0.2) is 12.7 Å². The quantitative estimate of drug-likeness (QED) is 0.768. The molecule has 2 heterocycles. The summed E-state index contributed by atoms with van der Waals surface area (Å²) >= 11 is 0. The molecule has 0 aliphatic carbocycles. The molecule has 1 N–H and O–H groups in total. The number of rotatable bonds is 1. The Balaban J connectivity index is 2.72. The van der Waals surface area contributed by atoms with Crippen LogP contribution in [0.5, 0.6) is 0 Å². The molecular formula is C10H15N5. The van der Waals surface area contributed by atoms with E-state index in [1.165, 1.54) is 0 Å². The Kier molecular flexibility index (Phi) is 2.10. The maximum Gasteiger partial charge on any atom is 0.165 e. The van der Waals surface area contributed by atoms with E-state index in [4.69, 9.17) is 0 Å². The molecule has 0 aromatic carbocycles. The Morgan fingerprint density at radius 2 is 1.93 bits per heavy atom. The van der Waals surface area contributed by atoms with E-state index < -0.39 is 0 Å². The molecule has 0 fully saturated rings. The van der Waals surface area contributed by atoms with Gasteiger partial charge in [0.05, 0.1) is 6.33 Å². The van der Waals surface area contributed by atoms with E-state index >= 15 is 0 Å². The summed E-state index contributed by atoms with van der Waals surface area (Å²) in [5.74, 6) is 0.767. The molecule has 0 aliphatic heterocycles. The first-order chi connectivity index (χ1) is 7.04. The van der Waals surface area contributed by atoms with E-state index in [-0.39, 0.29) is 5.54 Å². The van der Waals surface area contributed by atoms with Gasteiger partial charge in [0.15, 0.2) is 11.5 Å². The number of fused-ring (bicyclic) bond motifs is 1. The fourth-order valence-electron chi connectivity index (χ4n) is 1.51. The average molecular weight is 205 g/mol. The summed E-state index contributed by atoms with van der Waals surface area (Å²) < 4.78 is 2.05. The van der Waals surface area contributed by atoms with Gasteiger partial charge in [-0.1, -0.05) is 0 Å². The average Bonchev–Trinajstić information content (AvgIpc) is 2.59. The second kappa shape index (κ2) is 3.18. The van der Waals surface area contributed by atoms with E-state index in [0.29, 0.717) is 0 Å². The van der Waals surface area contributed by atoms with Gasteiger partial charge in [-0.25, -0.2) is 15.0 Å². The molecule has 0 bridgehead atoms. The van der Waals surface area contributed by atoms with Crippen molar-refractivity contribution in [3.63, 3.8) is 0 Å². The van der Waals surface area contributed by atoms with Crippen LogP contribution in [0.25, 0.3) is 11.2 Å². The maximum atomic E-state index is 4.33. The predicted octanol–water partition coefficient (Wildman–Crippen LogP) is 1.62. The van der Waals surface area contributed by atoms with Crippen molar-refractivity contribution >= 4 is 17.0 Å². The van der Waals surface area contributed by atoms with Crippen molar-refractivity contribution in [3.05, 3.63) is 12.7 Å². The first-order valence-electron chi connectivity index (χ1n) is 4.90. The first kappa shape index (κ1) is 9.89. The number of nitrogens with zero attached hydrogens (tertiary/aromatic N) is 4. The van der Waals surface area contributed by atoms with E-state index in [1.54, 1.807) is 12.7 Å². The van der Waals surface area contributed by atoms with E-state index in [1.807, 2.05) is 11.6 Å². The predicted molar refractivity (Wildman–Crippen MR) is 59.9 cm³/mol. The standard InChI is InChI=1S/C10H15N5/c1-10(2,3)15-6-14-7-8(11-4)12-5-13-9(7)15/h5-6H,1-4H3,(H,11,12,13). The number of hydrogen-bond donors (Lipinski definition) is 1. The van der Waals surface area contributed by atoms with Gasteiger partial charge >= 0.3 is 0 Å². The Bertz CT molecular complexity index is 480. The Morgan fingerprint density at radius 1 is 1.20 bits per heavy atom. The lowest BCUT2D eigenvalue weighted by Gasteiger charge is -2.20. The summed E-state index contributed by atoms with van der Waals surface area (Å²) in [4.78, 5) is 12.7. The molecule has 0 radical (unpaired) electrons. The summed E-state index contributed by atoms with van der Waals surface area (Å²) in [6, 6.07) is 0. The lowest BCUT2D eigenvalue weighted by atomic mass is 10.1. The van der Waals surface area contributed by atoms with Gasteiger partial charge in [0.2, 0.25) is 0 Å². The molecule has 2 aromatic rings. The van der Waals surface area contributed by atoms with Gasteiger partial charge in [-0.3, -0.25) is 0 Å². The van der Waals surface area contributed by atoms with Crippen LogP contribution in [0.2, 0.25) is 0 Å². The fourth-order valence-corrected chi connectivity index (χ4v) is 1.51. The summed E-state index contributed by atoms with van der Waals surface area (Å²) in [7, 11) is 1.83. The van der Waals surface area contributed by atoms with Crippen molar-refractivity contribution in [1.29, 1.82) is 0 Å². The maximum absolute atomic E-state index is 4.33. The number of aromatic nitrogens is 4. The molecule has 0 spiro atoms. The minimum Gasteiger partial charge on any atom is -0.371 e. The molecule has 0 saturated carbocycles. The molecule has 0 amide bonds. The van der Waals surface area contributed by atoms with Gasteiger partial charge in [0.1, 0.15) is 11.8 Å². The lowest BCUT2D eigenvalue weighted by Crippen LogP contribution is -2.21. The van der Waals surface area contributed by atoms with Gasteiger partial charge < -0.3 is 9.88 Å². The van der Waals surface area contributed by atoms with Gasteiger partial charge in [-0.15, -0.1) is 0 Å². The highest BCUT2D eigenvalue weighted by atomic mass is 15.2. The van der Waals surface area contributed by atoms with E-state index in [9.17, 15) is 0 Å². The Morgan fingerprint density at radius 3 is 2.53 bits per heavy atom. The van der Waals surface area contributed by atoms with Crippen LogP contribution < -0.4 is 5.32 Å². The Hall–Kier alpha value is -1.65. The van der Waals surface area contributed by atoms with Crippen molar-refractivity contribution in [2.24, 2.45) is 0 Å². The lowest BCUT2D eigenvalue weighted by molar-refractivity contribution is 0.406. The number of anilines is 1. The van der Waals surface area contributed by atoms with E-state index in [2.05, 4.69) is 41.0 Å². The summed E-state index contributed by atoms with van der Waals surface area (Å²) in [6.45, 7) is 6.36. The second-order valence-electron chi connectivity index (χ2n) is 4.43. The van der Waals surface area contributed by atoms with Crippen LogP contribution in [0.3, 0.4) is 0 Å². The van der Waals surface area contributed by atoms with Gasteiger partial charge in [-0.05, 0) is 20.8 Å². The van der Waals surface area contributed by atoms with Gasteiger partial charge in [-0.2, -0.15) is 0 Å². The molecule has 5 nitrogen and oxygen atoms in total. The molecule has 0 saturated heterocycles. The molecule has 2 rings (SSSR count). The largest absolute Gasteiger partial charge is 0.371 e. The highest BCUT2D eigenvalue weighted by Crippen LogP contribution is 2.22. The van der Waals surface area contributed by atoms with Crippen molar-refractivity contribution < 1.29 is 0 Å². The van der Waals surface area contributed by atoms with Gasteiger partial charge in [0.25, 0.3) is 0 Å². The van der Waals surface area contributed by atoms with Crippen molar-refractivity contribution in [2.45, 2.75) is 26.3 Å². The van der Waals surface area contributed by atoms with Crippen molar-refractivity contribution in [2.75, 3.05) is 12.4 Å². The summed E-state index contributed by atoms with van der Waals surface area (Å²) in [6.07, 6.45) is 3.36. The normalized spacial score (nSPS) is 12.0. The van der Waals surface area contributed by atoms with Crippen LogP contribution in [0.1, 0.15) is 20.8 Å². The zero-order valence-corrected chi connectivity index (χ0v) is 9.44. The minimum absolute atomic E-state index is 0.0197. The highest BCUT2D eigenvalue weighted by molar-refractivity contribution is 5.82. The monoisotopic (exact) mass is 205 g/mol. The van der Waals surface area contributed by atoms with Crippen LogP contribution in [-0.2, 0) is 5.54 Å². The minimum atomic E-state index is -0.0197. The second-order valence-corrected chi connectivity index (χ2v) is 4.43. The topological polar surface area (TPSA) is 55.6 Å². The third kappa shape index (κ3) is 1.54. The third-order valence-electron chi connectivity index (χ3n) is 2.29. The SMILES string of the molecule is CNc1ncnc2c1ncn2C(C)(C)C. The molecule has 0 unspecified atom stereocenters. The smallest absolute Gasteiger partial charge is 0.165 e. The zero-order chi connectivity index (χ0) is 11.1. The van der Waals surface area contributed by atoms with Crippen LogP contribution in [0.4, 0.5) is 5.82 Å². The van der Waals surface area contributed by atoms with E-state index in [0.717, 1.165) is 17.0 Å². The van der Waals surface area contributed by atoms with Crippen LogP contribution in [-0.4, -0.2) is 26.6 Å². The Labute approximate surface area is 88.6 Å². The fraction of sp³-hybridized carbons (Fsp3) is 0.500. The van der Waals surface area contributed by atoms with Gasteiger partial charge in [0, 0.05) is 12.6 Å².